The number of benzene rings is 2. The highest BCUT2D eigenvalue weighted by Crippen LogP contribution is 2.38. The van der Waals surface area contributed by atoms with Crippen molar-refractivity contribution in [1.29, 1.82) is 0 Å². The molecule has 108 valence electrons. The molecule has 2 aromatic heterocycles. The summed E-state index contributed by atoms with van der Waals surface area (Å²) in [5.41, 5.74) is 4.88. The fourth-order valence-electron chi connectivity index (χ4n) is 4.06. The molecule has 0 N–H and O–H groups in total. The molecule has 0 amide bonds. The molecular formula is C20H18N2. The van der Waals surface area contributed by atoms with E-state index < -0.39 is 0 Å². The smallest absolute Gasteiger partial charge is 0.0967 e. The van der Waals surface area contributed by atoms with Gasteiger partial charge in [0.25, 0.3) is 0 Å². The predicted molar refractivity (Wildman–Crippen MR) is 92.3 cm³/mol. The van der Waals surface area contributed by atoms with Gasteiger partial charge in [0.1, 0.15) is 0 Å². The van der Waals surface area contributed by atoms with Gasteiger partial charge >= 0.3 is 0 Å². The zero-order chi connectivity index (χ0) is 14.5. The van der Waals surface area contributed by atoms with E-state index in [2.05, 4.69) is 59.2 Å². The monoisotopic (exact) mass is 286 g/mol. The lowest BCUT2D eigenvalue weighted by molar-refractivity contribution is 0.550. The molecule has 1 aliphatic carbocycles. The maximum atomic E-state index is 4.98. The number of nitrogens with zero attached hydrogens (tertiary/aromatic N) is 2. The topological polar surface area (TPSA) is 17.8 Å². The minimum Gasteiger partial charge on any atom is -0.336 e. The summed E-state index contributed by atoms with van der Waals surface area (Å²) in [6.07, 6.45) is 5.28. The van der Waals surface area contributed by atoms with Crippen LogP contribution >= 0.6 is 0 Å². The predicted octanol–water partition coefficient (Wildman–Crippen LogP) is 5.46. The Balaban J connectivity index is 1.96. The van der Waals surface area contributed by atoms with Crippen LogP contribution < -0.4 is 0 Å². The minimum atomic E-state index is 0.630. The number of para-hydroxylation sites is 2. The van der Waals surface area contributed by atoms with E-state index in [4.69, 9.17) is 4.98 Å². The van der Waals surface area contributed by atoms with E-state index in [1.165, 1.54) is 47.5 Å². The fourth-order valence-corrected chi connectivity index (χ4v) is 4.06. The van der Waals surface area contributed by atoms with Gasteiger partial charge in [-0.1, -0.05) is 49.2 Å². The summed E-state index contributed by atoms with van der Waals surface area (Å²) in [5.74, 6) is 0. The van der Waals surface area contributed by atoms with Gasteiger partial charge in [-0.2, -0.15) is 0 Å². The second-order valence-electron chi connectivity index (χ2n) is 6.37. The van der Waals surface area contributed by atoms with Gasteiger partial charge < -0.3 is 4.57 Å². The van der Waals surface area contributed by atoms with E-state index in [0.29, 0.717) is 6.04 Å². The standard InChI is InChI=1S/C20H18N2/c1-5-11-17-14(7-1)13-19-20(21-17)16-10-4-6-12-18(16)22(19)15-8-2-3-9-15/h1,4-7,10-13,15H,2-3,8-9H2. The number of rotatable bonds is 1. The Hall–Kier alpha value is -2.35. The average Bonchev–Trinajstić information content (AvgIpc) is 3.18. The molecule has 1 saturated carbocycles. The summed E-state index contributed by atoms with van der Waals surface area (Å²) in [6, 6.07) is 20.1. The molecule has 0 bridgehead atoms. The molecule has 2 heteroatoms. The van der Waals surface area contributed by atoms with Gasteiger partial charge in [0.2, 0.25) is 0 Å². The molecule has 2 heterocycles. The Labute approximate surface area is 129 Å². The molecule has 0 radical (unpaired) electrons. The minimum absolute atomic E-state index is 0.630. The highest BCUT2D eigenvalue weighted by Gasteiger charge is 2.22. The normalized spacial score (nSPS) is 16.2. The number of hydrogen-bond acceptors (Lipinski definition) is 1. The largest absolute Gasteiger partial charge is 0.336 e. The second-order valence-corrected chi connectivity index (χ2v) is 6.37. The van der Waals surface area contributed by atoms with Gasteiger partial charge in [-0.25, -0.2) is 4.98 Å². The fraction of sp³-hybridized carbons (Fsp3) is 0.250. The molecule has 4 aromatic rings. The van der Waals surface area contributed by atoms with Crippen LogP contribution in [0.5, 0.6) is 0 Å². The van der Waals surface area contributed by atoms with E-state index in [9.17, 15) is 0 Å². The van der Waals surface area contributed by atoms with Crippen molar-refractivity contribution in [3.8, 4) is 0 Å². The van der Waals surface area contributed by atoms with Crippen LogP contribution in [0.25, 0.3) is 32.8 Å². The van der Waals surface area contributed by atoms with Crippen LogP contribution in [0.1, 0.15) is 31.7 Å². The van der Waals surface area contributed by atoms with Crippen molar-refractivity contribution in [1.82, 2.24) is 9.55 Å². The Morgan fingerprint density at radius 3 is 2.55 bits per heavy atom. The quantitative estimate of drug-likeness (QED) is 0.454. The Bertz CT molecular complexity index is 991. The van der Waals surface area contributed by atoms with Crippen molar-refractivity contribution in [2.45, 2.75) is 31.7 Å². The van der Waals surface area contributed by atoms with Crippen LogP contribution in [0, 0.1) is 0 Å². The number of hydrogen-bond donors (Lipinski definition) is 0. The van der Waals surface area contributed by atoms with Crippen LogP contribution in [0.2, 0.25) is 0 Å². The van der Waals surface area contributed by atoms with Gasteiger partial charge in [-0.15, -0.1) is 0 Å². The average molecular weight is 286 g/mol. The third-order valence-electron chi connectivity index (χ3n) is 5.07. The van der Waals surface area contributed by atoms with Gasteiger partial charge in [0.15, 0.2) is 0 Å². The van der Waals surface area contributed by atoms with Crippen LogP contribution in [0.15, 0.2) is 54.6 Å². The molecule has 2 aromatic carbocycles. The first-order valence-electron chi connectivity index (χ1n) is 8.20. The van der Waals surface area contributed by atoms with Crippen LogP contribution in [-0.2, 0) is 0 Å². The third kappa shape index (κ3) is 1.64. The van der Waals surface area contributed by atoms with Crippen LogP contribution in [0.3, 0.4) is 0 Å². The highest BCUT2D eigenvalue weighted by molar-refractivity contribution is 6.09. The molecule has 0 saturated heterocycles. The first-order chi connectivity index (χ1) is 10.9. The van der Waals surface area contributed by atoms with E-state index in [1.807, 2.05) is 0 Å². The van der Waals surface area contributed by atoms with E-state index in [0.717, 1.165) is 11.0 Å². The molecular weight excluding hydrogens is 268 g/mol. The second kappa shape index (κ2) is 4.57. The summed E-state index contributed by atoms with van der Waals surface area (Å²) in [7, 11) is 0. The molecule has 1 fully saturated rings. The van der Waals surface area contributed by atoms with Crippen molar-refractivity contribution in [3.63, 3.8) is 0 Å². The molecule has 1 aliphatic rings. The maximum absolute atomic E-state index is 4.98. The zero-order valence-electron chi connectivity index (χ0n) is 12.5. The lowest BCUT2D eigenvalue weighted by Gasteiger charge is -2.15. The van der Waals surface area contributed by atoms with Gasteiger partial charge in [-0.3, -0.25) is 0 Å². The van der Waals surface area contributed by atoms with E-state index in [-0.39, 0.29) is 0 Å². The lowest BCUT2D eigenvalue weighted by atomic mass is 10.2. The van der Waals surface area contributed by atoms with Crippen molar-refractivity contribution < 1.29 is 0 Å². The summed E-state index contributed by atoms with van der Waals surface area (Å²) in [4.78, 5) is 4.98. The van der Waals surface area contributed by atoms with E-state index >= 15 is 0 Å². The number of fused-ring (bicyclic) bond motifs is 4. The molecule has 0 aliphatic heterocycles. The molecule has 0 spiro atoms. The summed E-state index contributed by atoms with van der Waals surface area (Å²) in [6.45, 7) is 0. The maximum Gasteiger partial charge on any atom is 0.0967 e. The van der Waals surface area contributed by atoms with Crippen LogP contribution in [0.4, 0.5) is 0 Å². The molecule has 2 nitrogen and oxygen atoms in total. The van der Waals surface area contributed by atoms with Gasteiger partial charge in [0.05, 0.1) is 22.1 Å². The van der Waals surface area contributed by atoms with Crippen molar-refractivity contribution >= 4 is 32.8 Å². The molecule has 0 unspecified atom stereocenters. The van der Waals surface area contributed by atoms with Crippen molar-refractivity contribution in [3.05, 3.63) is 54.6 Å². The Morgan fingerprint density at radius 2 is 1.64 bits per heavy atom. The third-order valence-corrected chi connectivity index (χ3v) is 5.07. The molecule has 5 rings (SSSR count). The number of aromatic nitrogens is 2. The first-order valence-corrected chi connectivity index (χ1v) is 8.20. The van der Waals surface area contributed by atoms with Crippen molar-refractivity contribution in [2.24, 2.45) is 0 Å². The molecule has 22 heavy (non-hydrogen) atoms. The highest BCUT2D eigenvalue weighted by atomic mass is 15.0. The zero-order valence-corrected chi connectivity index (χ0v) is 12.5. The molecule has 0 atom stereocenters. The van der Waals surface area contributed by atoms with Gasteiger partial charge in [0, 0.05) is 16.8 Å². The van der Waals surface area contributed by atoms with Gasteiger partial charge in [-0.05, 0) is 31.0 Å². The lowest BCUT2D eigenvalue weighted by Crippen LogP contribution is -2.04. The van der Waals surface area contributed by atoms with Crippen molar-refractivity contribution in [2.75, 3.05) is 0 Å². The Morgan fingerprint density at radius 1 is 0.864 bits per heavy atom. The first kappa shape index (κ1) is 12.2. The SMILES string of the molecule is c1ccc2nc3c4ccccc4n(C4CCCC4)c3cc2c1. The summed E-state index contributed by atoms with van der Waals surface area (Å²) >= 11 is 0. The van der Waals surface area contributed by atoms with E-state index in [1.54, 1.807) is 0 Å². The summed E-state index contributed by atoms with van der Waals surface area (Å²) in [5, 5.41) is 2.52. The summed E-state index contributed by atoms with van der Waals surface area (Å²) < 4.78 is 2.55. The number of pyridine rings is 1. The van der Waals surface area contributed by atoms with Crippen LogP contribution in [-0.4, -0.2) is 9.55 Å². The Kier molecular flexibility index (Phi) is 2.54.